The topological polar surface area (TPSA) is 25.2 Å². The largest absolute Gasteiger partial charge is 0.456 e. The maximum Gasteiger partial charge on any atom is 0.135 e. The van der Waals surface area contributed by atoms with Gasteiger partial charge in [0.2, 0.25) is 0 Å². The van der Waals surface area contributed by atoms with Crippen LogP contribution in [0.4, 0.5) is 0 Å². The van der Waals surface area contributed by atoms with Crippen molar-refractivity contribution in [3.63, 3.8) is 0 Å². The smallest absolute Gasteiger partial charge is 0.135 e. The fourth-order valence-electron chi connectivity index (χ4n) is 11.3. The summed E-state index contributed by atoms with van der Waals surface area (Å²) in [5.74, 6) is 0.966. The molecule has 9 aromatic rings. The summed E-state index contributed by atoms with van der Waals surface area (Å²) in [5.41, 5.74) is 18.5. The fourth-order valence-corrected chi connectivity index (χ4v) is 12.6. The quantitative estimate of drug-likeness (QED) is 0.181. The van der Waals surface area contributed by atoms with Crippen molar-refractivity contribution < 1.29 is 4.42 Å². The van der Waals surface area contributed by atoms with Crippen LogP contribution in [0.5, 0.6) is 0 Å². The summed E-state index contributed by atoms with van der Waals surface area (Å²) in [6, 6.07) is 61.1. The maximum absolute atomic E-state index is 6.43. The van der Waals surface area contributed by atoms with E-state index in [4.69, 9.17) is 4.42 Å². The molecule has 0 saturated carbocycles. The highest BCUT2D eigenvalue weighted by molar-refractivity contribution is 7.20. The zero-order chi connectivity index (χ0) is 40.6. The molecule has 0 radical (unpaired) electrons. The van der Waals surface area contributed by atoms with E-state index in [0.717, 1.165) is 35.8 Å². The van der Waals surface area contributed by atoms with Crippen molar-refractivity contribution >= 4 is 54.5 Å². The van der Waals surface area contributed by atoms with E-state index in [0.29, 0.717) is 17.8 Å². The summed E-state index contributed by atoms with van der Waals surface area (Å²) in [6.07, 6.45) is 8.18. The molecule has 7 aromatic carbocycles. The Morgan fingerprint density at radius 3 is 2.23 bits per heavy atom. The van der Waals surface area contributed by atoms with Gasteiger partial charge in [-0.2, -0.15) is 0 Å². The standard InChI is InChI=1S/C58H47NOS/c1-3-40-50(34-51(59-57(40)37-18-8-5-9-19-37)39-29-31-45-44-21-12-13-26-52(44)60-53(45)33-39)47-24-15-27-54-56(47)48-25-14-23-41(58(48)61-54)38-28-30-43-42-20-10-11-22-46(42)55(35(2)49(43)32-38)36-16-6-4-7-17-36/h4-13,15-24,26-35,40,51,55,57,59H,3,14,25H2,1-2H3. The Bertz CT molecular complexity index is 3200. The van der Waals surface area contributed by atoms with E-state index in [9.17, 15) is 0 Å². The van der Waals surface area contributed by atoms with Crippen molar-refractivity contribution in [3.8, 4) is 11.1 Å². The molecular weight excluding hydrogens is 759 g/mol. The predicted octanol–water partition coefficient (Wildman–Crippen LogP) is 15.6. The number of furan rings is 1. The minimum Gasteiger partial charge on any atom is -0.456 e. The average Bonchev–Trinajstić information content (AvgIpc) is 3.90. The SMILES string of the molecule is CCC1C(c2cccc3sc4c(c23)CCC=C4c2ccc3c(c2)C(C)C(c2ccccc2)c2ccccc2-3)=CC(c2ccc3c(c2)oc2ccccc23)NC1c1ccccc1. The van der Waals surface area contributed by atoms with Crippen molar-refractivity contribution in [2.75, 3.05) is 0 Å². The van der Waals surface area contributed by atoms with Crippen LogP contribution in [0.2, 0.25) is 0 Å². The lowest BCUT2D eigenvalue weighted by Crippen LogP contribution is -2.35. The third kappa shape index (κ3) is 5.93. The van der Waals surface area contributed by atoms with Gasteiger partial charge in [0, 0.05) is 43.6 Å². The molecule has 61 heavy (non-hydrogen) atoms. The minimum atomic E-state index is 0.0168. The van der Waals surface area contributed by atoms with Gasteiger partial charge in [0.25, 0.3) is 0 Å². The predicted molar refractivity (Wildman–Crippen MR) is 256 cm³/mol. The highest BCUT2D eigenvalue weighted by Gasteiger charge is 2.36. The van der Waals surface area contributed by atoms with Crippen LogP contribution in [0.1, 0.15) is 100.0 Å². The molecular formula is C58H47NOS. The van der Waals surface area contributed by atoms with E-state index < -0.39 is 0 Å². The van der Waals surface area contributed by atoms with E-state index in [1.54, 1.807) is 0 Å². The summed E-state index contributed by atoms with van der Waals surface area (Å²) >= 11 is 1.99. The number of rotatable bonds is 6. The van der Waals surface area contributed by atoms with Crippen molar-refractivity contribution in [3.05, 3.63) is 225 Å². The fraction of sp³-hybridized carbons (Fsp3) is 0.172. The summed E-state index contributed by atoms with van der Waals surface area (Å²) in [6.45, 7) is 4.79. The van der Waals surface area contributed by atoms with Gasteiger partial charge in [-0.1, -0.05) is 172 Å². The van der Waals surface area contributed by atoms with Gasteiger partial charge in [0.15, 0.2) is 0 Å². The number of fused-ring (bicyclic) bond motifs is 9. The van der Waals surface area contributed by atoms with Crippen LogP contribution >= 0.6 is 11.3 Å². The van der Waals surface area contributed by atoms with Crippen molar-refractivity contribution in [1.29, 1.82) is 0 Å². The first-order chi connectivity index (χ1) is 30.1. The number of nitrogens with one attached hydrogen (secondary N) is 1. The van der Waals surface area contributed by atoms with Crippen LogP contribution in [0, 0.1) is 5.92 Å². The maximum atomic E-state index is 6.43. The second kappa shape index (κ2) is 14.7. The lowest BCUT2D eigenvalue weighted by Gasteiger charge is -2.38. The van der Waals surface area contributed by atoms with Crippen LogP contribution in [0.3, 0.4) is 0 Å². The van der Waals surface area contributed by atoms with Gasteiger partial charge in [0.1, 0.15) is 11.2 Å². The van der Waals surface area contributed by atoms with Gasteiger partial charge in [-0.05, 0) is 110 Å². The number of benzene rings is 7. The first kappa shape index (κ1) is 36.6. The second-order valence-corrected chi connectivity index (χ2v) is 18.4. The van der Waals surface area contributed by atoms with Crippen LogP contribution in [-0.4, -0.2) is 0 Å². The highest BCUT2D eigenvalue weighted by atomic mass is 32.1. The van der Waals surface area contributed by atoms with Gasteiger partial charge in [-0.3, -0.25) is 5.32 Å². The molecule has 2 nitrogen and oxygen atoms in total. The Labute approximate surface area is 361 Å². The van der Waals surface area contributed by atoms with Crippen LogP contribution in [0.25, 0.3) is 54.3 Å². The van der Waals surface area contributed by atoms with Gasteiger partial charge in [-0.15, -0.1) is 11.3 Å². The highest BCUT2D eigenvalue weighted by Crippen LogP contribution is 2.53. The minimum absolute atomic E-state index is 0.0168. The van der Waals surface area contributed by atoms with Crippen molar-refractivity contribution in [1.82, 2.24) is 5.32 Å². The molecule has 12 rings (SSSR count). The number of para-hydroxylation sites is 1. The molecule has 0 saturated heterocycles. The number of aryl methyl sites for hydroxylation is 1. The first-order valence-electron chi connectivity index (χ1n) is 22.1. The van der Waals surface area contributed by atoms with E-state index in [-0.39, 0.29) is 12.1 Å². The third-order valence-corrected chi connectivity index (χ3v) is 15.3. The first-order valence-corrected chi connectivity index (χ1v) is 22.9. The zero-order valence-corrected chi connectivity index (χ0v) is 35.4. The van der Waals surface area contributed by atoms with E-state index in [2.05, 4.69) is 195 Å². The molecule has 1 aliphatic heterocycles. The second-order valence-electron chi connectivity index (χ2n) is 17.3. The summed E-state index contributed by atoms with van der Waals surface area (Å²) in [5, 5.41) is 7.92. The van der Waals surface area contributed by atoms with E-state index in [1.807, 2.05) is 11.3 Å². The summed E-state index contributed by atoms with van der Waals surface area (Å²) < 4.78 is 7.81. The zero-order valence-electron chi connectivity index (χ0n) is 34.6. The molecule has 3 heterocycles. The van der Waals surface area contributed by atoms with Crippen LogP contribution in [0.15, 0.2) is 180 Å². The third-order valence-electron chi connectivity index (χ3n) is 14.1. The van der Waals surface area contributed by atoms with E-state index in [1.165, 1.54) is 87.1 Å². The Morgan fingerprint density at radius 2 is 1.38 bits per heavy atom. The monoisotopic (exact) mass is 805 g/mol. The summed E-state index contributed by atoms with van der Waals surface area (Å²) in [7, 11) is 0. The number of hydrogen-bond donors (Lipinski definition) is 1. The molecule has 2 aromatic heterocycles. The average molecular weight is 806 g/mol. The molecule has 0 amide bonds. The Hall–Kier alpha value is -6.26. The number of hydrogen-bond acceptors (Lipinski definition) is 3. The Balaban J connectivity index is 0.981. The lowest BCUT2D eigenvalue weighted by atomic mass is 9.69. The molecule has 0 spiro atoms. The number of thiophene rings is 1. The Morgan fingerprint density at radius 1 is 0.639 bits per heavy atom. The van der Waals surface area contributed by atoms with Gasteiger partial charge in [-0.25, -0.2) is 0 Å². The molecule has 3 aliphatic rings. The van der Waals surface area contributed by atoms with Crippen LogP contribution in [-0.2, 0) is 6.42 Å². The molecule has 2 aliphatic carbocycles. The lowest BCUT2D eigenvalue weighted by molar-refractivity contribution is 0.378. The van der Waals surface area contributed by atoms with Crippen molar-refractivity contribution in [2.45, 2.75) is 57.0 Å². The number of allylic oxidation sites excluding steroid dienone is 1. The molecule has 1 N–H and O–H groups in total. The van der Waals surface area contributed by atoms with Gasteiger partial charge in [0.05, 0.1) is 6.04 Å². The molecule has 5 unspecified atom stereocenters. The van der Waals surface area contributed by atoms with Crippen LogP contribution < -0.4 is 5.32 Å². The molecule has 0 fully saturated rings. The van der Waals surface area contributed by atoms with E-state index >= 15 is 0 Å². The van der Waals surface area contributed by atoms with Crippen molar-refractivity contribution in [2.24, 2.45) is 5.92 Å². The molecule has 0 bridgehead atoms. The molecule has 296 valence electrons. The Kier molecular flexibility index (Phi) is 8.83. The summed E-state index contributed by atoms with van der Waals surface area (Å²) in [4.78, 5) is 1.44. The van der Waals surface area contributed by atoms with Gasteiger partial charge < -0.3 is 4.42 Å². The molecule has 3 heteroatoms. The van der Waals surface area contributed by atoms with Gasteiger partial charge >= 0.3 is 0 Å². The molecule has 5 atom stereocenters. The normalized spacial score (nSPS) is 20.9.